The molecular formula is C22H20O3. The van der Waals surface area contributed by atoms with Gasteiger partial charge in [0.1, 0.15) is 18.1 Å². The van der Waals surface area contributed by atoms with Crippen molar-refractivity contribution in [1.29, 1.82) is 0 Å². The smallest absolute Gasteiger partial charge is 0.153 e. The molecule has 0 saturated heterocycles. The maximum atomic E-state index is 11.6. The fraction of sp³-hybridized carbons (Fsp3) is 0.136. The van der Waals surface area contributed by atoms with Gasteiger partial charge in [-0.05, 0) is 41.8 Å². The minimum Gasteiger partial charge on any atom is -0.496 e. The summed E-state index contributed by atoms with van der Waals surface area (Å²) in [7, 11) is 1.64. The number of hydrogen-bond acceptors (Lipinski definition) is 3. The lowest BCUT2D eigenvalue weighted by atomic mass is 9.99. The molecule has 0 amide bonds. The van der Waals surface area contributed by atoms with Gasteiger partial charge in [0.05, 0.1) is 12.7 Å². The van der Waals surface area contributed by atoms with Crippen LogP contribution in [0.3, 0.4) is 0 Å². The number of rotatable bonds is 6. The molecule has 0 spiro atoms. The van der Waals surface area contributed by atoms with Crippen molar-refractivity contribution in [1.82, 2.24) is 0 Å². The number of aldehydes is 1. The third kappa shape index (κ3) is 3.72. The van der Waals surface area contributed by atoms with E-state index in [0.29, 0.717) is 17.9 Å². The lowest BCUT2D eigenvalue weighted by molar-refractivity contribution is 0.111. The summed E-state index contributed by atoms with van der Waals surface area (Å²) >= 11 is 0. The molecular weight excluding hydrogens is 312 g/mol. The quantitative estimate of drug-likeness (QED) is 0.592. The Kier molecular flexibility index (Phi) is 5.14. The maximum absolute atomic E-state index is 11.6. The molecule has 3 heteroatoms. The zero-order valence-electron chi connectivity index (χ0n) is 14.4. The predicted octanol–water partition coefficient (Wildman–Crippen LogP) is 5.06. The zero-order chi connectivity index (χ0) is 17.6. The molecule has 126 valence electrons. The van der Waals surface area contributed by atoms with Crippen molar-refractivity contribution < 1.29 is 14.3 Å². The zero-order valence-corrected chi connectivity index (χ0v) is 14.4. The number of carbonyl (C=O) groups is 1. The van der Waals surface area contributed by atoms with Crippen LogP contribution in [0.15, 0.2) is 66.7 Å². The first-order valence-electron chi connectivity index (χ1n) is 8.13. The van der Waals surface area contributed by atoms with Gasteiger partial charge in [0.15, 0.2) is 6.29 Å². The normalized spacial score (nSPS) is 10.3. The summed E-state index contributed by atoms with van der Waals surface area (Å²) in [6.07, 6.45) is 0.840. The van der Waals surface area contributed by atoms with Crippen LogP contribution in [0.4, 0.5) is 0 Å². The van der Waals surface area contributed by atoms with E-state index < -0.39 is 0 Å². The summed E-state index contributed by atoms with van der Waals surface area (Å²) in [6.45, 7) is 2.38. The average molecular weight is 332 g/mol. The first-order chi connectivity index (χ1) is 12.2. The summed E-state index contributed by atoms with van der Waals surface area (Å²) in [5.74, 6) is 1.40. The van der Waals surface area contributed by atoms with Crippen LogP contribution in [0.1, 0.15) is 21.5 Å². The molecule has 0 fully saturated rings. The SMILES string of the molecule is COc1ccccc1-c1cc(C)c(OCc2ccccc2)c(C=O)c1. The second-order valence-corrected chi connectivity index (χ2v) is 5.80. The van der Waals surface area contributed by atoms with E-state index in [-0.39, 0.29) is 0 Å². The van der Waals surface area contributed by atoms with Gasteiger partial charge in [-0.15, -0.1) is 0 Å². The summed E-state index contributed by atoms with van der Waals surface area (Å²) in [6, 6.07) is 21.5. The van der Waals surface area contributed by atoms with E-state index in [1.54, 1.807) is 7.11 Å². The van der Waals surface area contributed by atoms with Gasteiger partial charge in [0.25, 0.3) is 0 Å². The molecule has 0 radical (unpaired) electrons. The van der Waals surface area contributed by atoms with Gasteiger partial charge in [-0.3, -0.25) is 4.79 Å². The summed E-state index contributed by atoms with van der Waals surface area (Å²) in [4.78, 5) is 11.6. The minimum absolute atomic E-state index is 0.427. The third-order valence-corrected chi connectivity index (χ3v) is 4.07. The van der Waals surface area contributed by atoms with Gasteiger partial charge in [-0.25, -0.2) is 0 Å². The van der Waals surface area contributed by atoms with Gasteiger partial charge in [-0.2, -0.15) is 0 Å². The Morgan fingerprint density at radius 2 is 1.68 bits per heavy atom. The number of aryl methyl sites for hydroxylation is 1. The molecule has 3 aromatic carbocycles. The maximum Gasteiger partial charge on any atom is 0.153 e. The molecule has 0 N–H and O–H groups in total. The lowest BCUT2D eigenvalue weighted by Crippen LogP contribution is -2.01. The van der Waals surface area contributed by atoms with Crippen LogP contribution < -0.4 is 9.47 Å². The molecule has 25 heavy (non-hydrogen) atoms. The Bertz CT molecular complexity index is 870. The Morgan fingerprint density at radius 1 is 0.960 bits per heavy atom. The molecule has 3 nitrogen and oxygen atoms in total. The number of benzene rings is 3. The van der Waals surface area contributed by atoms with Crippen LogP contribution in [-0.2, 0) is 6.61 Å². The van der Waals surface area contributed by atoms with Crippen LogP contribution in [0.5, 0.6) is 11.5 Å². The van der Waals surface area contributed by atoms with Crippen LogP contribution >= 0.6 is 0 Å². The van der Waals surface area contributed by atoms with Gasteiger partial charge in [-0.1, -0.05) is 48.5 Å². The van der Waals surface area contributed by atoms with E-state index in [1.807, 2.05) is 73.7 Å². The van der Waals surface area contributed by atoms with E-state index in [0.717, 1.165) is 34.3 Å². The van der Waals surface area contributed by atoms with Crippen LogP contribution in [0.25, 0.3) is 11.1 Å². The van der Waals surface area contributed by atoms with E-state index >= 15 is 0 Å². The fourth-order valence-corrected chi connectivity index (χ4v) is 2.85. The van der Waals surface area contributed by atoms with Crippen molar-refractivity contribution in [3.63, 3.8) is 0 Å². The molecule has 0 atom stereocenters. The number of methoxy groups -OCH3 is 1. The van der Waals surface area contributed by atoms with Crippen molar-refractivity contribution in [2.45, 2.75) is 13.5 Å². The van der Waals surface area contributed by atoms with Gasteiger partial charge in [0.2, 0.25) is 0 Å². The summed E-state index contributed by atoms with van der Waals surface area (Å²) in [5, 5.41) is 0. The number of ether oxygens (including phenoxy) is 2. The highest BCUT2D eigenvalue weighted by Crippen LogP contribution is 2.34. The third-order valence-electron chi connectivity index (χ3n) is 4.07. The second-order valence-electron chi connectivity index (χ2n) is 5.80. The number of hydrogen-bond donors (Lipinski definition) is 0. The van der Waals surface area contributed by atoms with Gasteiger partial charge >= 0.3 is 0 Å². The highest BCUT2D eigenvalue weighted by atomic mass is 16.5. The first-order valence-corrected chi connectivity index (χ1v) is 8.13. The standard InChI is InChI=1S/C22H20O3/c1-16-12-18(20-10-6-7-11-21(20)24-2)13-19(14-23)22(16)25-15-17-8-4-3-5-9-17/h3-14H,15H2,1-2H3. The van der Waals surface area contributed by atoms with Crippen molar-refractivity contribution in [3.05, 3.63) is 83.4 Å². The Morgan fingerprint density at radius 3 is 2.40 bits per heavy atom. The first kappa shape index (κ1) is 16.8. The van der Waals surface area contributed by atoms with Crippen LogP contribution in [0, 0.1) is 6.92 Å². The molecule has 3 aromatic rings. The lowest BCUT2D eigenvalue weighted by Gasteiger charge is -2.15. The van der Waals surface area contributed by atoms with Crippen molar-refractivity contribution in [2.24, 2.45) is 0 Å². The van der Waals surface area contributed by atoms with E-state index in [2.05, 4.69) is 0 Å². The average Bonchev–Trinajstić information content (AvgIpc) is 2.67. The van der Waals surface area contributed by atoms with E-state index in [4.69, 9.17) is 9.47 Å². The molecule has 0 unspecified atom stereocenters. The van der Waals surface area contributed by atoms with Crippen LogP contribution in [-0.4, -0.2) is 13.4 Å². The van der Waals surface area contributed by atoms with E-state index in [9.17, 15) is 4.79 Å². The molecule has 0 aliphatic carbocycles. The second kappa shape index (κ2) is 7.67. The topological polar surface area (TPSA) is 35.5 Å². The summed E-state index contributed by atoms with van der Waals surface area (Å²) < 4.78 is 11.4. The fourth-order valence-electron chi connectivity index (χ4n) is 2.85. The molecule has 0 aliphatic rings. The van der Waals surface area contributed by atoms with Gasteiger partial charge in [0, 0.05) is 5.56 Å². The molecule has 3 rings (SSSR count). The Labute approximate surface area is 147 Å². The van der Waals surface area contributed by atoms with E-state index in [1.165, 1.54) is 0 Å². The minimum atomic E-state index is 0.427. The number of carbonyl (C=O) groups excluding carboxylic acids is 1. The largest absolute Gasteiger partial charge is 0.496 e. The Hall–Kier alpha value is -3.07. The summed E-state index contributed by atoms with van der Waals surface area (Å²) in [5.41, 5.74) is 4.40. The predicted molar refractivity (Wildman–Crippen MR) is 99.3 cm³/mol. The monoisotopic (exact) mass is 332 g/mol. The van der Waals surface area contributed by atoms with Crippen molar-refractivity contribution in [3.8, 4) is 22.6 Å². The molecule has 0 heterocycles. The number of para-hydroxylation sites is 1. The molecule has 0 aliphatic heterocycles. The molecule has 0 bridgehead atoms. The van der Waals surface area contributed by atoms with Crippen molar-refractivity contribution >= 4 is 6.29 Å². The van der Waals surface area contributed by atoms with Crippen LogP contribution in [0.2, 0.25) is 0 Å². The highest BCUT2D eigenvalue weighted by Gasteiger charge is 2.13. The van der Waals surface area contributed by atoms with Gasteiger partial charge < -0.3 is 9.47 Å². The molecule has 0 aromatic heterocycles. The van der Waals surface area contributed by atoms with Crippen molar-refractivity contribution in [2.75, 3.05) is 7.11 Å². The molecule has 0 saturated carbocycles. The Balaban J connectivity index is 1.95. The highest BCUT2D eigenvalue weighted by molar-refractivity contribution is 5.85.